The molecule has 0 bridgehead atoms. The summed E-state index contributed by atoms with van der Waals surface area (Å²) in [4.78, 5) is 18.0. The molecule has 5 aromatic carbocycles. The number of rotatable bonds is 11. The van der Waals surface area contributed by atoms with Crippen LogP contribution in [0.4, 0.5) is 28.4 Å². The number of anilines is 4. The quantitative estimate of drug-likeness (QED) is 0.0767. The Bertz CT molecular complexity index is 2190. The highest BCUT2D eigenvalue weighted by molar-refractivity contribution is 8.00. The normalized spacial score (nSPS) is 12.9. The van der Waals surface area contributed by atoms with Crippen molar-refractivity contribution in [1.29, 1.82) is 0 Å². The second-order valence-corrected chi connectivity index (χ2v) is 15.0. The van der Waals surface area contributed by atoms with Crippen LogP contribution in [-0.2, 0) is 7.05 Å². The average molecular weight is 768 g/mol. The van der Waals surface area contributed by atoms with Gasteiger partial charge < -0.3 is 23.8 Å². The van der Waals surface area contributed by atoms with E-state index in [1.807, 2.05) is 79.7 Å². The van der Waals surface area contributed by atoms with Crippen LogP contribution in [0.5, 0.6) is 0 Å². The lowest BCUT2D eigenvalue weighted by Crippen LogP contribution is -2.46. The minimum Gasteiger partial charge on any atom is -0.368 e. The second-order valence-electron chi connectivity index (χ2n) is 12.4. The highest BCUT2D eigenvalue weighted by Crippen LogP contribution is 2.43. The van der Waals surface area contributed by atoms with Gasteiger partial charge >= 0.3 is 0 Å². The molecule has 6 aromatic rings. The van der Waals surface area contributed by atoms with Gasteiger partial charge in [-0.25, -0.2) is 0 Å². The third-order valence-corrected chi connectivity index (χ3v) is 11.6. The summed E-state index contributed by atoms with van der Waals surface area (Å²) in [6.45, 7) is 5.60. The Kier molecular flexibility index (Phi) is 10.9. The minimum absolute atomic E-state index is 0.0260. The molecule has 0 aliphatic carbocycles. The van der Waals surface area contributed by atoms with Crippen molar-refractivity contribution in [2.24, 2.45) is 7.05 Å². The van der Waals surface area contributed by atoms with Crippen LogP contribution in [0.15, 0.2) is 131 Å². The molecule has 2 heterocycles. The van der Waals surface area contributed by atoms with Gasteiger partial charge in [-0.1, -0.05) is 65.7 Å². The van der Waals surface area contributed by atoms with Crippen LogP contribution in [-0.4, -0.2) is 35.7 Å². The number of nitrogens with one attached hydrogen (secondary N) is 2. The van der Waals surface area contributed by atoms with Crippen LogP contribution >= 0.6 is 47.1 Å². The molecule has 7 rings (SSSR count). The smallest absolute Gasteiger partial charge is 0.294 e. The summed E-state index contributed by atoms with van der Waals surface area (Å²) < 4.78 is 8.60. The zero-order chi connectivity index (χ0) is 36.2. The van der Waals surface area contributed by atoms with E-state index in [1.54, 1.807) is 12.1 Å². The van der Waals surface area contributed by atoms with Crippen molar-refractivity contribution in [2.45, 2.75) is 16.7 Å². The largest absolute Gasteiger partial charge is 0.368 e. The van der Waals surface area contributed by atoms with Crippen LogP contribution in [0, 0.1) is 17.0 Å². The summed E-state index contributed by atoms with van der Waals surface area (Å²) in [5.74, 6) is 0. The van der Waals surface area contributed by atoms with Gasteiger partial charge in [0.25, 0.3) is 5.69 Å². The Morgan fingerprint density at radius 3 is 2.06 bits per heavy atom. The zero-order valence-electron chi connectivity index (χ0n) is 28.6. The van der Waals surface area contributed by atoms with Gasteiger partial charge in [0.15, 0.2) is 0 Å². The first kappa shape index (κ1) is 35.7. The molecule has 1 saturated heterocycles. The van der Waals surface area contributed by atoms with Crippen molar-refractivity contribution in [3.63, 3.8) is 0 Å². The van der Waals surface area contributed by atoms with E-state index >= 15 is 0 Å². The summed E-state index contributed by atoms with van der Waals surface area (Å²) in [6.07, 6.45) is 0. The SMILES string of the molecule is Cc1c(Cl)c(-c2cccc(N3CCN(c4ccc(NSc5ccc(NSc6ccccc6)c([N+](=O)[O-])c5)cc4)CC3)c2)c(-c2ccc(Cl)cc2)n1C. The third kappa shape index (κ3) is 7.85. The first-order valence-electron chi connectivity index (χ1n) is 16.8. The number of piperazine rings is 1. The molecule has 0 spiro atoms. The molecule has 1 aliphatic rings. The Morgan fingerprint density at radius 2 is 1.37 bits per heavy atom. The van der Waals surface area contributed by atoms with Crippen molar-refractivity contribution >= 4 is 75.5 Å². The maximum atomic E-state index is 11.8. The van der Waals surface area contributed by atoms with Crippen molar-refractivity contribution in [3.8, 4) is 22.4 Å². The Labute approximate surface area is 322 Å². The summed E-state index contributed by atoms with van der Waals surface area (Å²) in [6, 6.07) is 39.8. The number of hydrogen-bond acceptors (Lipinski definition) is 8. The van der Waals surface area contributed by atoms with Crippen LogP contribution in [0.2, 0.25) is 10.0 Å². The van der Waals surface area contributed by atoms with Crippen molar-refractivity contribution in [3.05, 3.63) is 147 Å². The molecular formula is C40H36Cl2N6O2S2. The molecule has 264 valence electrons. The molecular weight excluding hydrogens is 732 g/mol. The van der Waals surface area contributed by atoms with Crippen molar-refractivity contribution < 1.29 is 4.92 Å². The van der Waals surface area contributed by atoms with E-state index in [9.17, 15) is 10.1 Å². The van der Waals surface area contributed by atoms with Gasteiger partial charge in [0.05, 0.1) is 15.6 Å². The summed E-state index contributed by atoms with van der Waals surface area (Å²) in [5.41, 5.74) is 9.01. The molecule has 12 heteroatoms. The molecule has 2 N–H and O–H groups in total. The number of nitro groups is 1. The molecule has 1 fully saturated rings. The summed E-state index contributed by atoms with van der Waals surface area (Å²) in [7, 11) is 2.05. The highest BCUT2D eigenvalue weighted by Gasteiger charge is 2.23. The highest BCUT2D eigenvalue weighted by atomic mass is 35.5. The molecule has 52 heavy (non-hydrogen) atoms. The monoisotopic (exact) mass is 766 g/mol. The van der Waals surface area contributed by atoms with Crippen molar-refractivity contribution in [2.75, 3.05) is 45.4 Å². The predicted octanol–water partition coefficient (Wildman–Crippen LogP) is 11.4. The Balaban J connectivity index is 0.970. The van der Waals surface area contributed by atoms with E-state index in [-0.39, 0.29) is 10.6 Å². The number of benzene rings is 5. The van der Waals surface area contributed by atoms with Gasteiger partial charge in [0, 0.05) is 82.4 Å². The van der Waals surface area contributed by atoms with Gasteiger partial charge in [0.1, 0.15) is 5.69 Å². The fraction of sp³-hybridized carbons (Fsp3) is 0.150. The summed E-state index contributed by atoms with van der Waals surface area (Å²) >= 11 is 15.9. The molecule has 0 amide bonds. The van der Waals surface area contributed by atoms with Gasteiger partial charge in [-0.05, 0) is 115 Å². The minimum atomic E-state index is -0.359. The number of aromatic nitrogens is 1. The first-order valence-corrected chi connectivity index (χ1v) is 19.1. The lowest BCUT2D eigenvalue weighted by molar-refractivity contribution is -0.384. The maximum absolute atomic E-state index is 11.8. The average Bonchev–Trinajstić information content (AvgIpc) is 3.41. The van der Waals surface area contributed by atoms with Crippen LogP contribution < -0.4 is 19.2 Å². The maximum Gasteiger partial charge on any atom is 0.294 e. The zero-order valence-corrected chi connectivity index (χ0v) is 31.7. The third-order valence-electron chi connectivity index (χ3n) is 9.22. The second kappa shape index (κ2) is 15.9. The molecule has 1 aromatic heterocycles. The standard InChI is InChI=1S/C40H36Cl2N6O2S2/c1-27-39(42)38(40(45(27)2)28-11-13-30(41)14-12-28)29-7-6-8-33(25-29)47-23-21-46(22-24-47)32-17-15-31(16-18-32)43-52-35-19-20-36(37(26-35)48(49)50)44-51-34-9-4-3-5-10-34/h3-20,25-26,43-44H,21-24H2,1-2H3. The first-order chi connectivity index (χ1) is 25.2. The van der Waals surface area contributed by atoms with E-state index < -0.39 is 0 Å². The van der Waals surface area contributed by atoms with Gasteiger partial charge in [-0.15, -0.1) is 0 Å². The number of nitrogens with zero attached hydrogens (tertiary/aromatic N) is 4. The van der Waals surface area contributed by atoms with E-state index in [1.165, 1.54) is 29.6 Å². The molecule has 0 unspecified atom stereocenters. The lowest BCUT2D eigenvalue weighted by atomic mass is 10.00. The molecule has 1 aliphatic heterocycles. The Morgan fingerprint density at radius 1 is 0.692 bits per heavy atom. The number of hydrogen-bond donors (Lipinski definition) is 2. The molecule has 8 nitrogen and oxygen atoms in total. The van der Waals surface area contributed by atoms with E-state index in [4.69, 9.17) is 23.2 Å². The number of halogens is 2. The molecule has 0 radical (unpaired) electrons. The fourth-order valence-electron chi connectivity index (χ4n) is 6.33. The van der Waals surface area contributed by atoms with Gasteiger partial charge in [-0.3, -0.25) is 10.1 Å². The van der Waals surface area contributed by atoms with E-state index in [2.05, 4.69) is 67.3 Å². The predicted molar refractivity (Wildman–Crippen MR) is 220 cm³/mol. The van der Waals surface area contributed by atoms with Crippen LogP contribution in [0.1, 0.15) is 5.69 Å². The fourth-order valence-corrected chi connectivity index (χ4v) is 8.15. The van der Waals surface area contributed by atoms with Crippen molar-refractivity contribution in [1.82, 2.24) is 4.57 Å². The van der Waals surface area contributed by atoms with Gasteiger partial charge in [-0.2, -0.15) is 0 Å². The summed E-state index contributed by atoms with van der Waals surface area (Å²) in [5, 5.41) is 13.3. The molecule has 0 saturated carbocycles. The Hall–Kier alpha value is -4.74. The molecule has 0 atom stereocenters. The van der Waals surface area contributed by atoms with E-state index in [0.717, 1.165) is 80.4 Å². The van der Waals surface area contributed by atoms with Crippen LogP contribution in [0.25, 0.3) is 22.4 Å². The number of nitro benzene ring substituents is 1. The van der Waals surface area contributed by atoms with E-state index in [0.29, 0.717) is 10.7 Å². The lowest BCUT2D eigenvalue weighted by Gasteiger charge is -2.37. The van der Waals surface area contributed by atoms with Gasteiger partial charge in [0.2, 0.25) is 0 Å². The van der Waals surface area contributed by atoms with Crippen LogP contribution in [0.3, 0.4) is 0 Å². The topological polar surface area (TPSA) is 78.6 Å².